The Balaban J connectivity index is 1.75. The van der Waals surface area contributed by atoms with Crippen LogP contribution < -0.4 is 0 Å². The van der Waals surface area contributed by atoms with Gasteiger partial charge in [0.05, 0.1) is 0 Å². The number of benzene rings is 2. The molecule has 3 heterocycles. The predicted octanol–water partition coefficient (Wildman–Crippen LogP) is 5.65. The molecule has 6 rings (SSSR count). The summed E-state index contributed by atoms with van der Waals surface area (Å²) in [7, 11) is 0. The van der Waals surface area contributed by atoms with Crippen molar-refractivity contribution in [2.45, 2.75) is 45.1 Å². The molecule has 0 N–H and O–H groups in total. The lowest BCUT2D eigenvalue weighted by Crippen LogP contribution is -2.51. The van der Waals surface area contributed by atoms with Crippen LogP contribution >= 0.6 is 0 Å². The number of furan rings is 1. The summed E-state index contributed by atoms with van der Waals surface area (Å²) < 4.78 is 8.52. The summed E-state index contributed by atoms with van der Waals surface area (Å²) in [5.41, 5.74) is 3.89. The average Bonchev–Trinajstić information content (AvgIpc) is 2.94. The van der Waals surface area contributed by atoms with Crippen molar-refractivity contribution in [2.75, 3.05) is 0 Å². The molecule has 1 fully saturated rings. The van der Waals surface area contributed by atoms with Crippen molar-refractivity contribution in [1.82, 2.24) is 0 Å². The molecule has 0 amide bonds. The van der Waals surface area contributed by atoms with Gasteiger partial charge >= 0.3 is 0 Å². The van der Waals surface area contributed by atoms with Gasteiger partial charge in [0, 0.05) is 48.1 Å². The van der Waals surface area contributed by atoms with Crippen LogP contribution in [-0.4, -0.2) is 16.3 Å². The highest BCUT2D eigenvalue weighted by atomic mass is 16.3. The Morgan fingerprint density at radius 2 is 1.61 bits per heavy atom. The minimum Gasteiger partial charge on any atom is -0.456 e. The van der Waals surface area contributed by atoms with Crippen molar-refractivity contribution in [3.05, 3.63) is 42.5 Å². The van der Waals surface area contributed by atoms with E-state index in [1.54, 1.807) is 0 Å². The quantitative estimate of drug-likeness (QED) is 0.530. The van der Waals surface area contributed by atoms with Crippen molar-refractivity contribution >= 4 is 33.8 Å². The first kappa shape index (κ1) is 13.4. The van der Waals surface area contributed by atoms with E-state index in [4.69, 9.17) is 4.42 Å². The van der Waals surface area contributed by atoms with Gasteiger partial charge in [0.25, 0.3) is 0 Å². The zero-order chi connectivity index (χ0) is 15.7. The molecule has 23 heavy (non-hydrogen) atoms. The maximum atomic E-state index is 5.97. The summed E-state index contributed by atoms with van der Waals surface area (Å²) in [5, 5.41) is 2.43. The molecule has 0 spiro atoms. The number of fused-ring (bicyclic) bond motifs is 5. The third-order valence-corrected chi connectivity index (χ3v) is 6.13. The molecule has 116 valence electrons. The van der Waals surface area contributed by atoms with Gasteiger partial charge in [-0.1, -0.05) is 25.1 Å². The average molecular weight is 304 g/mol. The summed E-state index contributed by atoms with van der Waals surface area (Å²) in [5.74, 6) is 0. The number of hydrogen-bond donors (Lipinski definition) is 0. The Bertz CT molecular complexity index is 954. The van der Waals surface area contributed by atoms with Crippen LogP contribution in [0.15, 0.2) is 46.9 Å². The van der Waals surface area contributed by atoms with Gasteiger partial charge in [-0.3, -0.25) is 0 Å². The number of rotatable bonds is 1. The molecule has 2 bridgehead atoms. The van der Waals surface area contributed by atoms with Crippen LogP contribution in [0.25, 0.3) is 21.9 Å². The lowest BCUT2D eigenvalue weighted by atomic mass is 9.66. The van der Waals surface area contributed by atoms with Crippen LogP contribution in [0.4, 0.5) is 5.69 Å². The second-order valence-corrected chi connectivity index (χ2v) is 7.93. The molecule has 3 aromatic rings. The van der Waals surface area contributed by atoms with E-state index < -0.39 is 0 Å². The van der Waals surface area contributed by atoms with Gasteiger partial charge < -0.3 is 4.42 Å². The first-order chi connectivity index (χ1) is 11.1. The van der Waals surface area contributed by atoms with Crippen molar-refractivity contribution in [3.63, 3.8) is 0 Å². The maximum absolute atomic E-state index is 5.97. The zero-order valence-electron chi connectivity index (χ0n) is 13.8. The first-order valence-electron chi connectivity index (χ1n) is 8.63. The summed E-state index contributed by atoms with van der Waals surface area (Å²) >= 11 is 0. The first-order valence-corrected chi connectivity index (χ1v) is 8.63. The summed E-state index contributed by atoms with van der Waals surface area (Å²) in [4.78, 5) is 0. The van der Waals surface area contributed by atoms with E-state index >= 15 is 0 Å². The van der Waals surface area contributed by atoms with Crippen LogP contribution in [0, 0.1) is 5.41 Å². The number of nitrogens with zero attached hydrogens (tertiary/aromatic N) is 1. The second kappa shape index (κ2) is 4.25. The van der Waals surface area contributed by atoms with E-state index in [0.717, 1.165) is 11.2 Å². The monoisotopic (exact) mass is 304 g/mol. The van der Waals surface area contributed by atoms with Crippen molar-refractivity contribution in [2.24, 2.45) is 5.41 Å². The molecule has 1 aromatic heterocycles. The van der Waals surface area contributed by atoms with E-state index in [-0.39, 0.29) is 5.54 Å². The lowest BCUT2D eigenvalue weighted by molar-refractivity contribution is -0.547. The molecule has 1 saturated carbocycles. The van der Waals surface area contributed by atoms with Crippen LogP contribution in [0.1, 0.15) is 39.5 Å². The van der Waals surface area contributed by atoms with Crippen LogP contribution in [0.3, 0.4) is 0 Å². The smallest absolute Gasteiger partial charge is 0.206 e. The van der Waals surface area contributed by atoms with Crippen LogP contribution in [0.5, 0.6) is 0 Å². The minimum atomic E-state index is 0.269. The van der Waals surface area contributed by atoms with Gasteiger partial charge in [-0.25, -0.2) is 0 Å². The molecule has 0 saturated heterocycles. The van der Waals surface area contributed by atoms with Gasteiger partial charge in [-0.05, 0) is 25.0 Å². The molecule has 1 aliphatic carbocycles. The molecule has 2 aliphatic heterocycles. The molecular weight excluding hydrogens is 282 g/mol. The summed E-state index contributed by atoms with van der Waals surface area (Å²) in [6.07, 6.45) is 7.69. The second-order valence-electron chi connectivity index (χ2n) is 7.93. The third-order valence-electron chi connectivity index (χ3n) is 6.13. The summed E-state index contributed by atoms with van der Waals surface area (Å²) in [6, 6.07) is 15.0. The van der Waals surface area contributed by atoms with Gasteiger partial charge in [0.1, 0.15) is 11.2 Å². The van der Waals surface area contributed by atoms with Crippen LogP contribution in [-0.2, 0) is 0 Å². The third kappa shape index (κ3) is 1.84. The summed E-state index contributed by atoms with van der Waals surface area (Å²) in [6.45, 7) is 4.82. The Morgan fingerprint density at radius 3 is 2.43 bits per heavy atom. The molecule has 2 aromatic carbocycles. The topological polar surface area (TPSA) is 16.1 Å². The Labute approximate surface area is 136 Å². The molecule has 2 heteroatoms. The molecule has 0 atom stereocenters. The zero-order valence-corrected chi connectivity index (χ0v) is 13.8. The Morgan fingerprint density at radius 1 is 0.870 bits per heavy atom. The molecule has 0 radical (unpaired) electrons. The van der Waals surface area contributed by atoms with Crippen molar-refractivity contribution in [1.29, 1.82) is 0 Å². The van der Waals surface area contributed by atoms with E-state index in [9.17, 15) is 0 Å². The highest BCUT2D eigenvalue weighted by Gasteiger charge is 2.51. The lowest BCUT2D eigenvalue weighted by Gasteiger charge is -2.43. The molecular formula is C21H22NO+. The number of hydrogen-bond acceptors (Lipinski definition) is 1. The Kier molecular flexibility index (Phi) is 2.47. The SMILES string of the molecule is CC12C=[N+](c3ccc4oc5ccccc5c4c3)C(C)(CC1)CC2. The van der Waals surface area contributed by atoms with Crippen LogP contribution in [0.2, 0.25) is 0 Å². The highest BCUT2D eigenvalue weighted by molar-refractivity contribution is 6.05. The fourth-order valence-electron chi connectivity index (χ4n) is 4.45. The van der Waals surface area contributed by atoms with E-state index in [1.165, 1.54) is 42.1 Å². The van der Waals surface area contributed by atoms with Gasteiger partial charge in [-0.2, -0.15) is 4.58 Å². The highest BCUT2D eigenvalue weighted by Crippen LogP contribution is 2.48. The van der Waals surface area contributed by atoms with Crippen molar-refractivity contribution < 1.29 is 8.99 Å². The van der Waals surface area contributed by atoms with E-state index in [0.29, 0.717) is 5.41 Å². The normalized spacial score (nSPS) is 30.1. The largest absolute Gasteiger partial charge is 0.456 e. The van der Waals surface area contributed by atoms with E-state index in [2.05, 4.69) is 55.0 Å². The standard InChI is InChI=1S/C21H22NO/c1-20-9-11-21(2,12-10-20)22(14-20)15-7-8-19-17(13-15)16-5-3-4-6-18(16)23-19/h3-8,13-14H,9-12H2,1-2H3/q+1. The Hall–Kier alpha value is -2.09. The fourth-order valence-corrected chi connectivity index (χ4v) is 4.45. The van der Waals surface area contributed by atoms with Crippen molar-refractivity contribution in [3.8, 4) is 0 Å². The van der Waals surface area contributed by atoms with Gasteiger partial charge in [0.2, 0.25) is 5.69 Å². The minimum absolute atomic E-state index is 0.269. The molecule has 3 aliphatic rings. The fraction of sp³-hybridized carbons (Fsp3) is 0.381. The van der Waals surface area contributed by atoms with E-state index in [1.807, 2.05) is 12.1 Å². The van der Waals surface area contributed by atoms with Gasteiger partial charge in [0.15, 0.2) is 11.8 Å². The number of para-hydroxylation sites is 1. The molecule has 0 unspecified atom stereocenters. The van der Waals surface area contributed by atoms with Gasteiger partial charge in [-0.15, -0.1) is 0 Å². The predicted molar refractivity (Wildman–Crippen MR) is 94.7 cm³/mol. The molecule has 2 nitrogen and oxygen atoms in total. The maximum Gasteiger partial charge on any atom is 0.206 e.